The zero-order valence-corrected chi connectivity index (χ0v) is 18.3. The van der Waals surface area contributed by atoms with Gasteiger partial charge in [-0.05, 0) is 50.4 Å². The molecule has 0 fully saturated rings. The Morgan fingerprint density at radius 3 is 2.20 bits per heavy atom. The summed E-state index contributed by atoms with van der Waals surface area (Å²) < 4.78 is 10.0. The topological polar surface area (TPSA) is 94.6 Å². The lowest BCUT2D eigenvalue weighted by atomic mass is 10.1. The lowest BCUT2D eigenvalue weighted by molar-refractivity contribution is 0.0525. The van der Waals surface area contributed by atoms with Crippen molar-refractivity contribution in [1.82, 2.24) is 4.98 Å². The summed E-state index contributed by atoms with van der Waals surface area (Å²) in [5.74, 6) is -1.55. The second-order valence-electron chi connectivity index (χ2n) is 6.14. The Morgan fingerprint density at radius 2 is 1.67 bits per heavy atom. The van der Waals surface area contributed by atoms with Crippen molar-refractivity contribution in [2.45, 2.75) is 20.8 Å². The van der Waals surface area contributed by atoms with Gasteiger partial charge in [0.05, 0.1) is 30.0 Å². The molecule has 0 spiro atoms. The Morgan fingerprint density at radius 1 is 1.03 bits per heavy atom. The summed E-state index contributed by atoms with van der Waals surface area (Å²) in [6.07, 6.45) is 0. The van der Waals surface area contributed by atoms with E-state index in [0.29, 0.717) is 16.3 Å². The number of nitrogens with zero attached hydrogens (tertiary/aromatic N) is 1. The van der Waals surface area contributed by atoms with Gasteiger partial charge >= 0.3 is 11.9 Å². The summed E-state index contributed by atoms with van der Waals surface area (Å²) in [6, 6.07) is 6.26. The Bertz CT molecular complexity index is 1040. The van der Waals surface area contributed by atoms with Crippen LogP contribution in [0.2, 0.25) is 0 Å². The second kappa shape index (κ2) is 9.64. The molecular weight excluding hydrogens is 424 g/mol. The van der Waals surface area contributed by atoms with Crippen LogP contribution in [-0.2, 0) is 9.47 Å². The average Bonchev–Trinajstić information content (AvgIpc) is 3.37. The minimum absolute atomic E-state index is 0.151. The number of hydrogen-bond acceptors (Lipinski definition) is 8. The highest BCUT2D eigenvalue weighted by molar-refractivity contribution is 7.17. The van der Waals surface area contributed by atoms with Crippen LogP contribution in [0.25, 0.3) is 10.6 Å². The Balaban J connectivity index is 1.90. The van der Waals surface area contributed by atoms with E-state index in [1.165, 1.54) is 29.5 Å². The average molecular weight is 445 g/mol. The third kappa shape index (κ3) is 4.92. The summed E-state index contributed by atoms with van der Waals surface area (Å²) in [5.41, 5.74) is 2.15. The highest BCUT2D eigenvalue weighted by Gasteiger charge is 2.19. The number of amides is 1. The van der Waals surface area contributed by atoms with Gasteiger partial charge in [0.1, 0.15) is 9.88 Å². The van der Waals surface area contributed by atoms with Crippen LogP contribution in [-0.4, -0.2) is 36.0 Å². The van der Waals surface area contributed by atoms with Gasteiger partial charge in [0.15, 0.2) is 0 Å². The third-order valence-electron chi connectivity index (χ3n) is 3.98. The molecule has 30 heavy (non-hydrogen) atoms. The highest BCUT2D eigenvalue weighted by Crippen LogP contribution is 2.30. The van der Waals surface area contributed by atoms with Crippen LogP contribution in [0.1, 0.15) is 49.9 Å². The Hall–Kier alpha value is -3.04. The number of nitrogens with one attached hydrogen (secondary N) is 1. The number of aryl methyl sites for hydroxylation is 1. The fourth-order valence-electron chi connectivity index (χ4n) is 2.67. The van der Waals surface area contributed by atoms with Crippen molar-refractivity contribution in [2.24, 2.45) is 0 Å². The molecule has 7 nitrogen and oxygen atoms in total. The van der Waals surface area contributed by atoms with Gasteiger partial charge in [0, 0.05) is 16.6 Å². The first-order valence-corrected chi connectivity index (χ1v) is 11.0. The summed E-state index contributed by atoms with van der Waals surface area (Å²) >= 11 is 2.84. The van der Waals surface area contributed by atoms with Gasteiger partial charge in [0.25, 0.3) is 5.91 Å². The molecule has 0 bridgehead atoms. The monoisotopic (exact) mass is 444 g/mol. The minimum atomic E-state index is -0.590. The normalized spacial score (nSPS) is 10.5. The van der Waals surface area contributed by atoms with E-state index < -0.39 is 11.9 Å². The van der Waals surface area contributed by atoms with Crippen LogP contribution in [0.5, 0.6) is 0 Å². The molecule has 0 saturated heterocycles. The van der Waals surface area contributed by atoms with Crippen molar-refractivity contribution < 1.29 is 23.9 Å². The van der Waals surface area contributed by atoms with Gasteiger partial charge in [-0.2, -0.15) is 11.3 Å². The number of anilines is 1. The van der Waals surface area contributed by atoms with Gasteiger partial charge in [-0.3, -0.25) is 4.79 Å². The number of thiazole rings is 1. The first-order valence-electron chi connectivity index (χ1n) is 9.23. The van der Waals surface area contributed by atoms with Crippen molar-refractivity contribution in [3.05, 3.63) is 56.7 Å². The predicted molar refractivity (Wildman–Crippen MR) is 116 cm³/mol. The molecule has 0 atom stereocenters. The van der Waals surface area contributed by atoms with Gasteiger partial charge in [0.2, 0.25) is 0 Å². The number of aromatic nitrogens is 1. The lowest BCUT2D eigenvalue weighted by Gasteiger charge is -2.10. The van der Waals surface area contributed by atoms with Gasteiger partial charge in [-0.15, -0.1) is 11.3 Å². The van der Waals surface area contributed by atoms with Crippen molar-refractivity contribution in [3.8, 4) is 10.6 Å². The van der Waals surface area contributed by atoms with E-state index in [1.54, 1.807) is 32.1 Å². The molecule has 3 aromatic rings. The maximum atomic E-state index is 12.9. The van der Waals surface area contributed by atoms with Crippen molar-refractivity contribution >= 4 is 46.2 Å². The lowest BCUT2D eigenvalue weighted by Crippen LogP contribution is -2.15. The van der Waals surface area contributed by atoms with Crippen molar-refractivity contribution in [2.75, 3.05) is 18.5 Å². The molecule has 2 aromatic heterocycles. The van der Waals surface area contributed by atoms with E-state index in [0.717, 1.165) is 10.6 Å². The largest absolute Gasteiger partial charge is 0.462 e. The number of thiophene rings is 1. The van der Waals surface area contributed by atoms with Crippen LogP contribution in [0.4, 0.5) is 5.69 Å². The summed E-state index contributed by atoms with van der Waals surface area (Å²) in [4.78, 5) is 42.1. The third-order valence-corrected chi connectivity index (χ3v) is 5.87. The van der Waals surface area contributed by atoms with Gasteiger partial charge in [-0.1, -0.05) is 0 Å². The molecule has 156 valence electrons. The maximum absolute atomic E-state index is 12.9. The van der Waals surface area contributed by atoms with E-state index in [9.17, 15) is 14.4 Å². The molecule has 0 unspecified atom stereocenters. The highest BCUT2D eigenvalue weighted by atomic mass is 32.1. The zero-order valence-electron chi connectivity index (χ0n) is 16.7. The molecule has 1 N–H and O–H groups in total. The molecule has 0 aliphatic carbocycles. The second-order valence-corrected chi connectivity index (χ2v) is 7.92. The van der Waals surface area contributed by atoms with Crippen molar-refractivity contribution in [1.29, 1.82) is 0 Å². The van der Waals surface area contributed by atoms with Crippen LogP contribution in [0, 0.1) is 6.92 Å². The van der Waals surface area contributed by atoms with Crippen LogP contribution >= 0.6 is 22.7 Å². The summed E-state index contributed by atoms with van der Waals surface area (Å²) in [5, 5.41) is 7.42. The number of rotatable bonds is 7. The Kier molecular flexibility index (Phi) is 6.96. The first-order chi connectivity index (χ1) is 14.4. The first kappa shape index (κ1) is 21.7. The van der Waals surface area contributed by atoms with Crippen molar-refractivity contribution in [3.63, 3.8) is 0 Å². The fraction of sp³-hybridized carbons (Fsp3) is 0.238. The van der Waals surface area contributed by atoms with E-state index in [-0.39, 0.29) is 30.2 Å². The van der Waals surface area contributed by atoms with Crippen LogP contribution < -0.4 is 5.32 Å². The summed E-state index contributed by atoms with van der Waals surface area (Å²) in [7, 11) is 0. The minimum Gasteiger partial charge on any atom is -0.462 e. The van der Waals surface area contributed by atoms with E-state index in [1.807, 2.05) is 16.8 Å². The van der Waals surface area contributed by atoms with E-state index >= 15 is 0 Å². The summed E-state index contributed by atoms with van der Waals surface area (Å²) in [6.45, 7) is 5.52. The molecule has 9 heteroatoms. The number of carbonyl (C=O) groups excluding carboxylic acids is 3. The molecule has 1 amide bonds. The van der Waals surface area contributed by atoms with E-state index in [2.05, 4.69) is 10.3 Å². The Labute approximate surface area is 181 Å². The number of ether oxygens (including phenoxy) is 2. The predicted octanol–water partition coefficient (Wildman–Crippen LogP) is 4.79. The number of carbonyl (C=O) groups is 3. The molecule has 0 aliphatic rings. The van der Waals surface area contributed by atoms with Crippen LogP contribution in [0.3, 0.4) is 0 Å². The van der Waals surface area contributed by atoms with E-state index in [4.69, 9.17) is 9.47 Å². The van der Waals surface area contributed by atoms with Crippen LogP contribution in [0.15, 0.2) is 35.0 Å². The number of hydrogen-bond donors (Lipinski definition) is 1. The number of benzene rings is 1. The molecule has 3 rings (SSSR count). The molecule has 0 saturated carbocycles. The molecule has 2 heterocycles. The molecule has 0 aliphatic heterocycles. The maximum Gasteiger partial charge on any atom is 0.338 e. The smallest absolute Gasteiger partial charge is 0.338 e. The van der Waals surface area contributed by atoms with Gasteiger partial charge in [-0.25, -0.2) is 14.6 Å². The number of esters is 2. The molecule has 1 aromatic carbocycles. The molecular formula is C21H20N2O5S2. The standard InChI is InChI=1S/C21H20N2O5S2/c1-4-27-20(25)14-8-15(21(26)28-5-2)10-16(9-14)23-18(24)17-12(3)22-19(30-17)13-6-7-29-11-13/h6-11H,4-5H2,1-3H3,(H,23,24). The van der Waals surface area contributed by atoms with Gasteiger partial charge < -0.3 is 14.8 Å². The quantitative estimate of drug-likeness (QED) is 0.527. The zero-order chi connectivity index (χ0) is 21.7. The SMILES string of the molecule is CCOC(=O)c1cc(NC(=O)c2sc(-c3ccsc3)nc2C)cc(C(=O)OCC)c1. The fourth-order valence-corrected chi connectivity index (χ4v) is 4.34. The molecule has 0 radical (unpaired) electrons.